The number of rotatable bonds is 8. The molecule has 146 valence electrons. The van der Waals surface area contributed by atoms with Crippen molar-refractivity contribution in [2.24, 2.45) is 0 Å². The molecule has 0 amide bonds. The van der Waals surface area contributed by atoms with E-state index in [-0.39, 0.29) is 5.92 Å². The van der Waals surface area contributed by atoms with Gasteiger partial charge in [-0.2, -0.15) is 0 Å². The van der Waals surface area contributed by atoms with Crippen molar-refractivity contribution in [2.45, 2.75) is 18.2 Å². The van der Waals surface area contributed by atoms with E-state index in [2.05, 4.69) is 55.5 Å². The standard InChI is InChI=1S/C24H26O3Se/c1-17-10-12-20(13-11-17)28-16-21(18-8-6-5-7-9-18)24-22(26-3)14-19(25-2)15-23(24)27-4/h5-15,21H,16H2,1-4H3. The predicted octanol–water partition coefficient (Wildman–Crippen LogP) is 4.60. The van der Waals surface area contributed by atoms with Crippen LogP contribution in [0.25, 0.3) is 0 Å². The fourth-order valence-electron chi connectivity index (χ4n) is 3.22. The summed E-state index contributed by atoms with van der Waals surface area (Å²) in [5.41, 5.74) is 3.63. The Labute approximate surface area is 173 Å². The van der Waals surface area contributed by atoms with Crippen molar-refractivity contribution in [3.8, 4) is 17.2 Å². The molecule has 0 aliphatic rings. The molecular formula is C24H26O3Se. The van der Waals surface area contributed by atoms with Gasteiger partial charge in [0.1, 0.15) is 0 Å². The maximum absolute atomic E-state index is 5.75. The SMILES string of the molecule is COc1cc(OC)c(C(C[Se]c2ccc(C)cc2)c2ccccc2)c(OC)c1. The molecule has 3 rings (SSSR count). The van der Waals surface area contributed by atoms with Crippen molar-refractivity contribution in [3.63, 3.8) is 0 Å². The van der Waals surface area contributed by atoms with Gasteiger partial charge in [-0.05, 0) is 0 Å². The van der Waals surface area contributed by atoms with Crippen LogP contribution < -0.4 is 18.7 Å². The first kappa shape index (κ1) is 20.3. The molecule has 0 N–H and O–H groups in total. The van der Waals surface area contributed by atoms with Gasteiger partial charge in [0.05, 0.1) is 0 Å². The summed E-state index contributed by atoms with van der Waals surface area (Å²) in [6, 6.07) is 23.3. The molecule has 0 saturated carbocycles. The molecule has 0 radical (unpaired) electrons. The maximum atomic E-state index is 5.75. The molecule has 1 atom stereocenters. The van der Waals surface area contributed by atoms with Crippen molar-refractivity contribution in [2.75, 3.05) is 21.3 Å². The monoisotopic (exact) mass is 442 g/mol. The molecule has 0 aliphatic heterocycles. The van der Waals surface area contributed by atoms with Crippen LogP contribution in [0.4, 0.5) is 0 Å². The van der Waals surface area contributed by atoms with Gasteiger partial charge < -0.3 is 0 Å². The number of hydrogen-bond acceptors (Lipinski definition) is 3. The number of benzene rings is 3. The van der Waals surface area contributed by atoms with Crippen molar-refractivity contribution < 1.29 is 14.2 Å². The predicted molar refractivity (Wildman–Crippen MR) is 116 cm³/mol. The Morgan fingerprint density at radius 2 is 1.39 bits per heavy atom. The average Bonchev–Trinajstić information content (AvgIpc) is 2.75. The van der Waals surface area contributed by atoms with Crippen molar-refractivity contribution >= 4 is 19.4 Å². The number of hydrogen-bond donors (Lipinski definition) is 0. The summed E-state index contributed by atoms with van der Waals surface area (Å²) in [5, 5.41) is 1.01. The fourth-order valence-corrected chi connectivity index (χ4v) is 5.42. The zero-order valence-corrected chi connectivity index (χ0v) is 18.5. The van der Waals surface area contributed by atoms with Crippen LogP contribution in [0, 0.1) is 6.92 Å². The van der Waals surface area contributed by atoms with Gasteiger partial charge in [-0.3, -0.25) is 0 Å². The molecule has 0 saturated heterocycles. The molecule has 28 heavy (non-hydrogen) atoms. The van der Waals surface area contributed by atoms with Gasteiger partial charge in [0, 0.05) is 0 Å². The first-order chi connectivity index (χ1) is 13.7. The van der Waals surface area contributed by atoms with Crippen LogP contribution >= 0.6 is 0 Å². The number of ether oxygens (including phenoxy) is 3. The van der Waals surface area contributed by atoms with Gasteiger partial charge in [-0.25, -0.2) is 0 Å². The summed E-state index contributed by atoms with van der Waals surface area (Å²) in [6.45, 7) is 2.12. The van der Waals surface area contributed by atoms with Gasteiger partial charge in [-0.15, -0.1) is 0 Å². The second-order valence-corrected chi connectivity index (χ2v) is 8.83. The van der Waals surface area contributed by atoms with Crippen molar-refractivity contribution in [1.29, 1.82) is 0 Å². The first-order valence-corrected chi connectivity index (χ1v) is 11.3. The minimum atomic E-state index is 0.179. The number of aryl methyl sites for hydroxylation is 1. The van der Waals surface area contributed by atoms with Crippen LogP contribution in [-0.4, -0.2) is 36.3 Å². The molecule has 0 bridgehead atoms. The van der Waals surface area contributed by atoms with Crippen LogP contribution in [0.3, 0.4) is 0 Å². The van der Waals surface area contributed by atoms with E-state index in [9.17, 15) is 0 Å². The minimum absolute atomic E-state index is 0.179. The van der Waals surface area contributed by atoms with Crippen LogP contribution in [0.5, 0.6) is 17.2 Å². The summed E-state index contributed by atoms with van der Waals surface area (Å²) in [4.78, 5) is 0. The van der Waals surface area contributed by atoms with E-state index in [0.717, 1.165) is 28.1 Å². The Kier molecular flexibility index (Phi) is 7.02. The van der Waals surface area contributed by atoms with E-state index in [1.54, 1.807) is 21.3 Å². The Balaban J connectivity index is 2.03. The second kappa shape index (κ2) is 9.68. The zero-order valence-electron chi connectivity index (χ0n) is 16.8. The molecule has 3 aromatic carbocycles. The molecule has 0 heterocycles. The molecule has 0 fully saturated rings. The summed E-state index contributed by atoms with van der Waals surface area (Å²) in [7, 11) is 5.05. The van der Waals surface area contributed by atoms with E-state index in [1.807, 2.05) is 18.2 Å². The van der Waals surface area contributed by atoms with Crippen LogP contribution in [0.1, 0.15) is 22.6 Å². The third kappa shape index (κ3) is 4.70. The molecule has 3 nitrogen and oxygen atoms in total. The van der Waals surface area contributed by atoms with E-state index in [4.69, 9.17) is 14.2 Å². The Morgan fingerprint density at radius 1 is 0.786 bits per heavy atom. The fraction of sp³-hybridized carbons (Fsp3) is 0.250. The summed E-state index contributed by atoms with van der Waals surface area (Å²) in [6.07, 6.45) is 0. The van der Waals surface area contributed by atoms with Gasteiger partial charge in [0.15, 0.2) is 0 Å². The Hall–Kier alpha value is -2.42. The molecular weight excluding hydrogens is 415 g/mol. The van der Waals surface area contributed by atoms with Crippen LogP contribution in [0.15, 0.2) is 66.7 Å². The Bertz CT molecular complexity index is 866. The second-order valence-electron chi connectivity index (χ2n) is 6.53. The molecule has 0 spiro atoms. The van der Waals surface area contributed by atoms with Gasteiger partial charge in [0.25, 0.3) is 0 Å². The third-order valence-electron chi connectivity index (χ3n) is 4.74. The van der Waals surface area contributed by atoms with E-state index in [0.29, 0.717) is 15.0 Å². The quantitative estimate of drug-likeness (QED) is 0.479. The zero-order chi connectivity index (χ0) is 19.9. The average molecular weight is 441 g/mol. The van der Waals surface area contributed by atoms with Crippen molar-refractivity contribution in [3.05, 3.63) is 83.4 Å². The van der Waals surface area contributed by atoms with Gasteiger partial charge in [0.2, 0.25) is 0 Å². The van der Waals surface area contributed by atoms with Gasteiger partial charge in [-0.1, -0.05) is 0 Å². The van der Waals surface area contributed by atoms with E-state index >= 15 is 0 Å². The molecule has 1 unspecified atom stereocenters. The van der Waals surface area contributed by atoms with Gasteiger partial charge >= 0.3 is 174 Å². The summed E-state index contributed by atoms with van der Waals surface area (Å²) < 4.78 is 18.3. The summed E-state index contributed by atoms with van der Waals surface area (Å²) in [5.74, 6) is 2.50. The van der Waals surface area contributed by atoms with Crippen LogP contribution in [0.2, 0.25) is 5.32 Å². The third-order valence-corrected chi connectivity index (χ3v) is 7.06. The topological polar surface area (TPSA) is 27.7 Å². The van der Waals surface area contributed by atoms with E-state index < -0.39 is 0 Å². The van der Waals surface area contributed by atoms with Crippen molar-refractivity contribution in [1.82, 2.24) is 0 Å². The van der Waals surface area contributed by atoms with Crippen LogP contribution in [-0.2, 0) is 0 Å². The Morgan fingerprint density at radius 3 is 1.93 bits per heavy atom. The normalized spacial score (nSPS) is 11.7. The molecule has 0 aromatic heterocycles. The first-order valence-electron chi connectivity index (χ1n) is 9.20. The molecule has 4 heteroatoms. The molecule has 0 aliphatic carbocycles. The van der Waals surface area contributed by atoms with E-state index in [1.165, 1.54) is 15.6 Å². The molecule has 3 aromatic rings. The number of methoxy groups -OCH3 is 3. The summed E-state index contributed by atoms with van der Waals surface area (Å²) >= 11 is 0.324.